The van der Waals surface area contributed by atoms with E-state index in [1.165, 1.54) is 0 Å². The van der Waals surface area contributed by atoms with E-state index in [2.05, 4.69) is 15.5 Å². The Kier molecular flexibility index (Phi) is 5.98. The van der Waals surface area contributed by atoms with Crippen molar-refractivity contribution in [1.82, 2.24) is 15.0 Å². The number of hydrogen-bond donors (Lipinski definition) is 1. The molecule has 0 saturated heterocycles. The number of esters is 1. The molecule has 0 spiro atoms. The summed E-state index contributed by atoms with van der Waals surface area (Å²) in [5.41, 5.74) is 2.97. The molecule has 32 heavy (non-hydrogen) atoms. The zero-order chi connectivity index (χ0) is 22.7. The summed E-state index contributed by atoms with van der Waals surface area (Å²) in [5.74, 6) is 0.0243. The van der Waals surface area contributed by atoms with E-state index in [1.54, 1.807) is 55.1 Å². The molecule has 0 bridgehead atoms. The number of carbonyl (C=O) groups is 3. The second kappa shape index (κ2) is 9.01. The Morgan fingerprint density at radius 3 is 2.81 bits per heavy atom. The lowest BCUT2D eigenvalue weighted by Crippen LogP contribution is -2.28. The lowest BCUT2D eigenvalue weighted by atomic mass is 10.1. The van der Waals surface area contributed by atoms with Crippen LogP contribution < -0.4 is 5.32 Å². The third kappa shape index (κ3) is 4.51. The smallest absolute Gasteiger partial charge is 0.338 e. The van der Waals surface area contributed by atoms with Crippen LogP contribution >= 0.6 is 0 Å². The first-order valence-corrected chi connectivity index (χ1v) is 10.2. The van der Waals surface area contributed by atoms with Gasteiger partial charge in [0.25, 0.3) is 5.91 Å². The van der Waals surface area contributed by atoms with Crippen molar-refractivity contribution in [1.29, 1.82) is 0 Å². The van der Waals surface area contributed by atoms with Gasteiger partial charge in [-0.25, -0.2) is 4.79 Å². The van der Waals surface area contributed by atoms with Gasteiger partial charge >= 0.3 is 5.97 Å². The maximum absolute atomic E-state index is 12.7. The second-order valence-corrected chi connectivity index (χ2v) is 7.34. The fourth-order valence-corrected chi connectivity index (χ4v) is 3.50. The third-order valence-corrected chi connectivity index (χ3v) is 5.04. The number of carbonyl (C=O) groups excluding carboxylic acids is 3. The van der Waals surface area contributed by atoms with E-state index in [9.17, 15) is 14.4 Å². The quantitative estimate of drug-likeness (QED) is 0.568. The zero-order valence-corrected chi connectivity index (χ0v) is 17.8. The predicted molar refractivity (Wildman–Crippen MR) is 115 cm³/mol. The van der Waals surface area contributed by atoms with Gasteiger partial charge < -0.3 is 19.5 Å². The summed E-state index contributed by atoms with van der Waals surface area (Å²) in [6.45, 7) is 4.36. The Bertz CT molecular complexity index is 1190. The van der Waals surface area contributed by atoms with E-state index >= 15 is 0 Å². The van der Waals surface area contributed by atoms with Crippen molar-refractivity contribution in [3.8, 4) is 11.4 Å². The maximum Gasteiger partial charge on any atom is 0.338 e. The molecule has 1 aliphatic rings. The van der Waals surface area contributed by atoms with E-state index in [-0.39, 0.29) is 31.4 Å². The highest BCUT2D eigenvalue weighted by atomic mass is 16.5. The minimum absolute atomic E-state index is 0.135. The van der Waals surface area contributed by atoms with Crippen molar-refractivity contribution >= 4 is 23.5 Å². The van der Waals surface area contributed by atoms with Crippen molar-refractivity contribution in [2.24, 2.45) is 0 Å². The number of benzene rings is 2. The van der Waals surface area contributed by atoms with Crippen molar-refractivity contribution in [2.75, 3.05) is 18.5 Å². The van der Waals surface area contributed by atoms with Gasteiger partial charge in [-0.3, -0.25) is 9.59 Å². The van der Waals surface area contributed by atoms with Crippen LogP contribution in [-0.2, 0) is 16.1 Å². The van der Waals surface area contributed by atoms with Gasteiger partial charge in [-0.05, 0) is 36.8 Å². The molecule has 0 aliphatic carbocycles. The zero-order valence-electron chi connectivity index (χ0n) is 17.8. The molecule has 9 heteroatoms. The van der Waals surface area contributed by atoms with E-state index in [0.29, 0.717) is 35.1 Å². The largest absolute Gasteiger partial charge is 0.462 e. The van der Waals surface area contributed by atoms with Crippen LogP contribution in [0.2, 0.25) is 0 Å². The molecule has 1 N–H and O–H groups in total. The summed E-state index contributed by atoms with van der Waals surface area (Å²) in [6.07, 6.45) is 0.135. The van der Waals surface area contributed by atoms with E-state index in [1.807, 2.05) is 6.07 Å². The number of aryl methyl sites for hydroxylation is 1. The SMILES string of the molecule is CCOC(=O)c1ccc2c(c1)C(=O)N(CCC(=O)Nc1cccc(-c3noc(C)n3)c1)C2. The highest BCUT2D eigenvalue weighted by molar-refractivity contribution is 6.01. The lowest BCUT2D eigenvalue weighted by molar-refractivity contribution is -0.116. The molecule has 0 saturated carbocycles. The number of aromatic nitrogens is 2. The number of fused-ring (bicyclic) bond motifs is 1. The summed E-state index contributed by atoms with van der Waals surface area (Å²) in [7, 11) is 0. The first-order chi connectivity index (χ1) is 15.4. The molecule has 3 aromatic rings. The van der Waals surface area contributed by atoms with Crippen LogP contribution in [-0.4, -0.2) is 46.0 Å². The molecule has 0 unspecified atom stereocenters. The number of amides is 2. The minimum atomic E-state index is -0.459. The molecule has 0 atom stereocenters. The Morgan fingerprint density at radius 1 is 1.22 bits per heavy atom. The topological polar surface area (TPSA) is 115 Å². The fourth-order valence-electron chi connectivity index (χ4n) is 3.50. The van der Waals surface area contributed by atoms with Gasteiger partial charge in [0, 0.05) is 43.2 Å². The van der Waals surface area contributed by atoms with Gasteiger partial charge in [-0.1, -0.05) is 23.4 Å². The van der Waals surface area contributed by atoms with Crippen LogP contribution in [0.4, 0.5) is 5.69 Å². The first-order valence-electron chi connectivity index (χ1n) is 10.2. The third-order valence-electron chi connectivity index (χ3n) is 5.04. The van der Waals surface area contributed by atoms with E-state index in [4.69, 9.17) is 9.26 Å². The monoisotopic (exact) mass is 434 g/mol. The summed E-state index contributed by atoms with van der Waals surface area (Å²) < 4.78 is 9.99. The van der Waals surface area contributed by atoms with Crippen LogP contribution in [0.1, 0.15) is 45.5 Å². The minimum Gasteiger partial charge on any atom is -0.462 e. The number of ether oxygens (including phenoxy) is 1. The molecule has 1 aromatic heterocycles. The average Bonchev–Trinajstić information content (AvgIpc) is 3.35. The first kappa shape index (κ1) is 21.2. The van der Waals surface area contributed by atoms with Gasteiger partial charge in [0.05, 0.1) is 12.2 Å². The van der Waals surface area contributed by atoms with Crippen molar-refractivity contribution in [3.63, 3.8) is 0 Å². The summed E-state index contributed by atoms with van der Waals surface area (Å²) in [5, 5.41) is 6.71. The lowest BCUT2D eigenvalue weighted by Gasteiger charge is -2.15. The fraction of sp³-hybridized carbons (Fsp3) is 0.261. The highest BCUT2D eigenvalue weighted by Gasteiger charge is 2.28. The summed E-state index contributed by atoms with van der Waals surface area (Å²) in [4.78, 5) is 42.9. The van der Waals surface area contributed by atoms with Gasteiger partial charge in [0.2, 0.25) is 17.6 Å². The Morgan fingerprint density at radius 2 is 2.06 bits per heavy atom. The average molecular weight is 434 g/mol. The van der Waals surface area contributed by atoms with Crippen LogP contribution in [0.5, 0.6) is 0 Å². The number of nitrogens with zero attached hydrogens (tertiary/aromatic N) is 3. The molecule has 2 heterocycles. The number of hydrogen-bond acceptors (Lipinski definition) is 7. The Hall–Kier alpha value is -4.01. The molecule has 1 aliphatic heterocycles. The van der Waals surface area contributed by atoms with Gasteiger partial charge in [0.1, 0.15) is 0 Å². The second-order valence-electron chi connectivity index (χ2n) is 7.34. The number of rotatable bonds is 7. The van der Waals surface area contributed by atoms with E-state index in [0.717, 1.165) is 11.1 Å². The van der Waals surface area contributed by atoms with Crippen molar-refractivity contribution in [2.45, 2.75) is 26.8 Å². The molecule has 2 amide bonds. The number of nitrogens with one attached hydrogen (secondary N) is 1. The van der Waals surface area contributed by atoms with Crippen molar-refractivity contribution in [3.05, 3.63) is 65.0 Å². The molecule has 2 aromatic carbocycles. The molecule has 0 fully saturated rings. The molecular weight excluding hydrogens is 412 g/mol. The van der Waals surface area contributed by atoms with Crippen LogP contribution in [0.15, 0.2) is 47.0 Å². The maximum atomic E-state index is 12.7. The normalized spacial score (nSPS) is 12.6. The van der Waals surface area contributed by atoms with Gasteiger partial charge in [-0.2, -0.15) is 4.98 Å². The van der Waals surface area contributed by atoms with E-state index < -0.39 is 5.97 Å². The molecular formula is C23H22N4O5. The Balaban J connectivity index is 1.35. The van der Waals surface area contributed by atoms with Gasteiger partial charge in [0.15, 0.2) is 0 Å². The standard InChI is InChI=1S/C23H22N4O5/c1-3-31-23(30)16-7-8-17-13-27(22(29)19(17)12-16)10-9-20(28)25-18-6-4-5-15(11-18)21-24-14(2)32-26-21/h4-8,11-12H,3,9-10,13H2,1-2H3,(H,25,28). The highest BCUT2D eigenvalue weighted by Crippen LogP contribution is 2.25. The predicted octanol–water partition coefficient (Wildman–Crippen LogP) is 3.21. The molecule has 4 rings (SSSR count). The molecule has 9 nitrogen and oxygen atoms in total. The molecule has 164 valence electrons. The van der Waals surface area contributed by atoms with Gasteiger partial charge in [-0.15, -0.1) is 0 Å². The van der Waals surface area contributed by atoms with Crippen LogP contribution in [0.3, 0.4) is 0 Å². The van der Waals surface area contributed by atoms with Crippen LogP contribution in [0.25, 0.3) is 11.4 Å². The molecule has 0 radical (unpaired) electrons. The summed E-state index contributed by atoms with van der Waals surface area (Å²) in [6, 6.07) is 12.1. The van der Waals surface area contributed by atoms with Crippen LogP contribution in [0, 0.1) is 6.92 Å². The summed E-state index contributed by atoms with van der Waals surface area (Å²) >= 11 is 0. The number of anilines is 1. The Labute approximate surface area is 184 Å². The van der Waals surface area contributed by atoms with Crippen molar-refractivity contribution < 1.29 is 23.6 Å².